The molecule has 2 rings (SSSR count). The molecule has 2 amide bonds. The number of carboxylic acids is 1. The molecule has 1 unspecified atom stereocenters. The van der Waals surface area contributed by atoms with Crippen molar-refractivity contribution in [2.24, 2.45) is 5.92 Å². The molecule has 1 atom stereocenters. The van der Waals surface area contributed by atoms with Crippen molar-refractivity contribution in [2.45, 2.75) is 31.8 Å². The summed E-state index contributed by atoms with van der Waals surface area (Å²) in [6.45, 7) is 3.66. The minimum Gasteiger partial charge on any atom is -0.481 e. The van der Waals surface area contributed by atoms with Gasteiger partial charge in [-0.2, -0.15) is 0 Å². The Morgan fingerprint density at radius 1 is 1.17 bits per heavy atom. The van der Waals surface area contributed by atoms with E-state index in [0.717, 1.165) is 0 Å². The van der Waals surface area contributed by atoms with Crippen LogP contribution in [0, 0.1) is 5.92 Å². The van der Waals surface area contributed by atoms with E-state index in [9.17, 15) is 14.7 Å². The number of hydrogen-bond donors (Lipinski definition) is 2. The molecule has 0 spiro atoms. The van der Waals surface area contributed by atoms with Gasteiger partial charge in [-0.3, -0.25) is 4.79 Å². The van der Waals surface area contributed by atoms with E-state index in [1.54, 1.807) is 16.7 Å². The number of carbonyl (C=O) groups is 2. The Labute approximate surface area is 106 Å². The molecular weight excluding hydrogens is 236 g/mol. The van der Waals surface area contributed by atoms with Crippen molar-refractivity contribution in [3.63, 3.8) is 0 Å². The standard InChI is InChI=1S/C12H20N2O4/c1-12(18)4-7-14(8-12)11(17)13-5-2-9(3-6-13)10(15)16/h9,18H,2-8H2,1H3,(H,15,16). The fourth-order valence-corrected chi connectivity index (χ4v) is 2.63. The molecule has 2 aliphatic heterocycles. The molecule has 0 aromatic carbocycles. The second-order valence-electron chi connectivity index (χ2n) is 5.55. The van der Waals surface area contributed by atoms with Gasteiger partial charge in [0.15, 0.2) is 0 Å². The summed E-state index contributed by atoms with van der Waals surface area (Å²) in [5.41, 5.74) is -0.783. The fraction of sp³-hybridized carbons (Fsp3) is 0.833. The molecule has 18 heavy (non-hydrogen) atoms. The first-order valence-corrected chi connectivity index (χ1v) is 6.38. The lowest BCUT2D eigenvalue weighted by atomic mass is 9.97. The molecule has 2 N–H and O–H groups in total. The average molecular weight is 256 g/mol. The number of urea groups is 1. The Kier molecular flexibility index (Phi) is 3.47. The first-order valence-electron chi connectivity index (χ1n) is 6.38. The number of aliphatic carboxylic acids is 1. The first-order chi connectivity index (χ1) is 8.39. The van der Waals surface area contributed by atoms with Crippen molar-refractivity contribution >= 4 is 12.0 Å². The fourth-order valence-electron chi connectivity index (χ4n) is 2.63. The number of likely N-dealkylation sites (tertiary alicyclic amines) is 2. The number of aliphatic hydroxyl groups is 1. The summed E-state index contributed by atoms with van der Waals surface area (Å²) in [7, 11) is 0. The molecular formula is C12H20N2O4. The van der Waals surface area contributed by atoms with Crippen molar-refractivity contribution in [2.75, 3.05) is 26.2 Å². The molecule has 2 aliphatic rings. The SMILES string of the molecule is CC1(O)CCN(C(=O)N2CCC(C(=O)O)CC2)C1. The van der Waals surface area contributed by atoms with E-state index in [1.165, 1.54) is 0 Å². The maximum Gasteiger partial charge on any atom is 0.320 e. The van der Waals surface area contributed by atoms with E-state index in [0.29, 0.717) is 45.4 Å². The Morgan fingerprint density at radius 2 is 1.78 bits per heavy atom. The van der Waals surface area contributed by atoms with Gasteiger partial charge in [-0.1, -0.05) is 0 Å². The van der Waals surface area contributed by atoms with Gasteiger partial charge in [0.25, 0.3) is 0 Å². The Balaban J connectivity index is 1.87. The largest absolute Gasteiger partial charge is 0.481 e. The predicted octanol–water partition coefficient (Wildman–Crippen LogP) is 0.360. The van der Waals surface area contributed by atoms with Crippen LogP contribution in [0.5, 0.6) is 0 Å². The van der Waals surface area contributed by atoms with Gasteiger partial charge in [-0.05, 0) is 26.2 Å². The van der Waals surface area contributed by atoms with Crippen LogP contribution in [0.4, 0.5) is 4.79 Å². The molecule has 0 aromatic rings. The van der Waals surface area contributed by atoms with Crippen LogP contribution in [-0.4, -0.2) is 63.8 Å². The number of amides is 2. The van der Waals surface area contributed by atoms with Gasteiger partial charge in [0.2, 0.25) is 0 Å². The molecule has 0 saturated carbocycles. The summed E-state index contributed by atoms with van der Waals surface area (Å²) in [5.74, 6) is -1.10. The number of piperidine rings is 1. The highest BCUT2D eigenvalue weighted by Crippen LogP contribution is 2.24. The maximum atomic E-state index is 12.2. The third-order valence-electron chi connectivity index (χ3n) is 3.84. The van der Waals surface area contributed by atoms with Crippen molar-refractivity contribution in [3.8, 4) is 0 Å². The van der Waals surface area contributed by atoms with Gasteiger partial charge in [-0.25, -0.2) is 4.79 Å². The number of carboxylic acid groups (broad SMARTS) is 1. The molecule has 0 radical (unpaired) electrons. The van der Waals surface area contributed by atoms with Crippen LogP contribution in [0.1, 0.15) is 26.2 Å². The lowest BCUT2D eigenvalue weighted by molar-refractivity contribution is -0.143. The van der Waals surface area contributed by atoms with Crippen LogP contribution < -0.4 is 0 Å². The number of rotatable bonds is 1. The third-order valence-corrected chi connectivity index (χ3v) is 3.84. The van der Waals surface area contributed by atoms with E-state index < -0.39 is 11.6 Å². The van der Waals surface area contributed by atoms with Crippen LogP contribution in [0.2, 0.25) is 0 Å². The lowest BCUT2D eigenvalue weighted by Gasteiger charge is -2.33. The van der Waals surface area contributed by atoms with Gasteiger partial charge >= 0.3 is 12.0 Å². The van der Waals surface area contributed by atoms with Crippen LogP contribution in [0.15, 0.2) is 0 Å². The van der Waals surface area contributed by atoms with Crippen LogP contribution >= 0.6 is 0 Å². The highest BCUT2D eigenvalue weighted by Gasteiger charge is 2.37. The first kappa shape index (κ1) is 13.1. The normalized spacial score (nSPS) is 29.7. The monoisotopic (exact) mass is 256 g/mol. The van der Waals surface area contributed by atoms with Gasteiger partial charge in [0.1, 0.15) is 0 Å². The summed E-state index contributed by atoms with van der Waals surface area (Å²) >= 11 is 0. The Hall–Kier alpha value is -1.30. The smallest absolute Gasteiger partial charge is 0.320 e. The number of hydrogen-bond acceptors (Lipinski definition) is 3. The maximum absolute atomic E-state index is 12.2. The highest BCUT2D eigenvalue weighted by molar-refractivity contribution is 5.76. The molecule has 2 fully saturated rings. The minimum absolute atomic E-state index is 0.0726. The van der Waals surface area contributed by atoms with Crippen LogP contribution in [-0.2, 0) is 4.79 Å². The van der Waals surface area contributed by atoms with Gasteiger partial charge in [-0.15, -0.1) is 0 Å². The zero-order valence-electron chi connectivity index (χ0n) is 10.6. The van der Waals surface area contributed by atoms with E-state index in [2.05, 4.69) is 0 Å². The van der Waals surface area contributed by atoms with Crippen molar-refractivity contribution in [1.82, 2.24) is 9.80 Å². The molecule has 2 heterocycles. The summed E-state index contributed by atoms with van der Waals surface area (Å²) < 4.78 is 0. The third kappa shape index (κ3) is 2.75. The quantitative estimate of drug-likeness (QED) is 0.709. The van der Waals surface area contributed by atoms with Crippen molar-refractivity contribution in [3.05, 3.63) is 0 Å². The molecule has 0 aliphatic carbocycles. The molecule has 2 saturated heterocycles. The highest BCUT2D eigenvalue weighted by atomic mass is 16.4. The average Bonchev–Trinajstić information content (AvgIpc) is 2.69. The van der Waals surface area contributed by atoms with Crippen LogP contribution in [0.25, 0.3) is 0 Å². The zero-order chi connectivity index (χ0) is 13.3. The molecule has 102 valence electrons. The second kappa shape index (κ2) is 4.76. The number of nitrogens with zero attached hydrogens (tertiary/aromatic N) is 2. The zero-order valence-corrected chi connectivity index (χ0v) is 10.6. The second-order valence-corrected chi connectivity index (χ2v) is 5.55. The predicted molar refractivity (Wildman–Crippen MR) is 64.1 cm³/mol. The van der Waals surface area contributed by atoms with Gasteiger partial charge < -0.3 is 20.0 Å². The van der Waals surface area contributed by atoms with Gasteiger partial charge in [0.05, 0.1) is 18.1 Å². The molecule has 6 heteroatoms. The van der Waals surface area contributed by atoms with Crippen LogP contribution in [0.3, 0.4) is 0 Å². The van der Waals surface area contributed by atoms with E-state index in [4.69, 9.17) is 5.11 Å². The summed E-state index contributed by atoms with van der Waals surface area (Å²) in [6, 6.07) is -0.0726. The minimum atomic E-state index is -0.783. The van der Waals surface area contributed by atoms with E-state index >= 15 is 0 Å². The Bertz CT molecular complexity index is 348. The van der Waals surface area contributed by atoms with Gasteiger partial charge in [0, 0.05) is 19.6 Å². The molecule has 0 aromatic heterocycles. The molecule has 6 nitrogen and oxygen atoms in total. The molecule has 0 bridgehead atoms. The van der Waals surface area contributed by atoms with E-state index in [-0.39, 0.29) is 11.9 Å². The topological polar surface area (TPSA) is 81.1 Å². The lowest BCUT2D eigenvalue weighted by Crippen LogP contribution is -2.47. The number of carbonyl (C=O) groups excluding carboxylic acids is 1. The Morgan fingerprint density at radius 3 is 2.22 bits per heavy atom. The number of β-amino-alcohol motifs (C(OH)–C–C–N with tert-alkyl or cyclic N) is 1. The van der Waals surface area contributed by atoms with E-state index in [1.807, 2.05) is 0 Å². The van der Waals surface area contributed by atoms with Crippen molar-refractivity contribution in [1.29, 1.82) is 0 Å². The summed E-state index contributed by atoms with van der Waals surface area (Å²) in [5, 5.41) is 18.7. The summed E-state index contributed by atoms with van der Waals surface area (Å²) in [6.07, 6.45) is 1.64. The van der Waals surface area contributed by atoms with Crippen molar-refractivity contribution < 1.29 is 19.8 Å². The summed E-state index contributed by atoms with van der Waals surface area (Å²) in [4.78, 5) is 26.3.